The summed E-state index contributed by atoms with van der Waals surface area (Å²) in [4.78, 5) is 27.9. The molecule has 0 spiro atoms. The lowest BCUT2D eigenvalue weighted by molar-refractivity contribution is -0.142. The van der Waals surface area contributed by atoms with Crippen LogP contribution in [0, 0.1) is 5.82 Å². The first-order valence-electron chi connectivity index (χ1n) is 7.61. The van der Waals surface area contributed by atoms with Crippen molar-refractivity contribution in [2.75, 3.05) is 32.8 Å². The van der Waals surface area contributed by atoms with Gasteiger partial charge in [-0.05, 0) is 25.0 Å². The van der Waals surface area contributed by atoms with Crippen LogP contribution in [0.2, 0.25) is 0 Å². The number of carbonyl (C=O) groups is 2. The zero-order valence-electron chi connectivity index (χ0n) is 12.3. The molecule has 118 valence electrons. The molecule has 3 rings (SSSR count). The van der Waals surface area contributed by atoms with E-state index in [-0.39, 0.29) is 23.5 Å². The number of hydrogen-bond acceptors (Lipinski definition) is 3. The van der Waals surface area contributed by atoms with Crippen LogP contribution in [0.4, 0.5) is 4.39 Å². The van der Waals surface area contributed by atoms with E-state index in [0.717, 1.165) is 12.8 Å². The molecule has 6 heteroatoms. The second-order valence-corrected chi connectivity index (χ2v) is 5.60. The van der Waals surface area contributed by atoms with Crippen LogP contribution in [0.1, 0.15) is 23.2 Å². The number of nitrogens with zero attached hydrogens (tertiary/aromatic N) is 2. The van der Waals surface area contributed by atoms with Gasteiger partial charge in [0.05, 0.1) is 5.56 Å². The molecule has 2 fully saturated rings. The van der Waals surface area contributed by atoms with Crippen LogP contribution in [0.3, 0.4) is 0 Å². The van der Waals surface area contributed by atoms with Crippen molar-refractivity contribution in [3.05, 3.63) is 35.6 Å². The Balaban J connectivity index is 1.58. The van der Waals surface area contributed by atoms with Gasteiger partial charge in [-0.15, -0.1) is 0 Å². The SMILES string of the molecule is O=C(c1ccccc1F)N1CCN(C(=O)C2CCCO2)CC1. The number of rotatable bonds is 2. The van der Waals surface area contributed by atoms with E-state index in [1.807, 2.05) is 0 Å². The Kier molecular flexibility index (Phi) is 4.38. The maximum Gasteiger partial charge on any atom is 0.256 e. The van der Waals surface area contributed by atoms with Gasteiger partial charge in [-0.2, -0.15) is 0 Å². The standard InChI is InChI=1S/C16H19FN2O3/c17-13-5-2-1-4-12(13)15(20)18-7-9-19(10-8-18)16(21)14-6-3-11-22-14/h1-2,4-5,14H,3,6-11H2. The minimum Gasteiger partial charge on any atom is -0.368 e. The van der Waals surface area contributed by atoms with Gasteiger partial charge >= 0.3 is 0 Å². The third kappa shape index (κ3) is 2.97. The molecule has 0 saturated carbocycles. The van der Waals surface area contributed by atoms with E-state index in [2.05, 4.69) is 0 Å². The van der Waals surface area contributed by atoms with E-state index in [9.17, 15) is 14.0 Å². The molecule has 1 aromatic carbocycles. The van der Waals surface area contributed by atoms with Crippen LogP contribution in [-0.4, -0.2) is 60.5 Å². The predicted molar refractivity (Wildman–Crippen MR) is 77.9 cm³/mol. The minimum absolute atomic E-state index is 0.00971. The molecular weight excluding hydrogens is 287 g/mol. The number of carbonyl (C=O) groups excluding carboxylic acids is 2. The number of amides is 2. The fraction of sp³-hybridized carbons (Fsp3) is 0.500. The van der Waals surface area contributed by atoms with Crippen molar-refractivity contribution in [2.45, 2.75) is 18.9 Å². The van der Waals surface area contributed by atoms with Gasteiger partial charge in [0.15, 0.2) is 0 Å². The van der Waals surface area contributed by atoms with Crippen molar-refractivity contribution >= 4 is 11.8 Å². The summed E-state index contributed by atoms with van der Waals surface area (Å²) in [6, 6.07) is 5.98. The molecule has 0 N–H and O–H groups in total. The van der Waals surface area contributed by atoms with E-state index in [0.29, 0.717) is 32.8 Å². The third-order valence-electron chi connectivity index (χ3n) is 4.19. The summed E-state index contributed by atoms with van der Waals surface area (Å²) in [6.45, 7) is 2.43. The molecule has 5 nitrogen and oxygen atoms in total. The molecule has 0 aromatic heterocycles. The Morgan fingerprint density at radius 2 is 1.77 bits per heavy atom. The molecular formula is C16H19FN2O3. The van der Waals surface area contributed by atoms with Crippen LogP contribution in [0.5, 0.6) is 0 Å². The molecule has 2 heterocycles. The Morgan fingerprint density at radius 1 is 1.09 bits per heavy atom. The van der Waals surface area contributed by atoms with Gasteiger partial charge in [-0.3, -0.25) is 9.59 Å². The molecule has 2 aliphatic rings. The number of benzene rings is 1. The highest BCUT2D eigenvalue weighted by Crippen LogP contribution is 2.17. The van der Waals surface area contributed by atoms with Crippen molar-refractivity contribution in [1.29, 1.82) is 0 Å². The normalized spacial score (nSPS) is 22.0. The molecule has 1 atom stereocenters. The first kappa shape index (κ1) is 15.0. The summed E-state index contributed by atoms with van der Waals surface area (Å²) in [7, 11) is 0. The quantitative estimate of drug-likeness (QED) is 0.827. The zero-order valence-corrected chi connectivity index (χ0v) is 12.3. The van der Waals surface area contributed by atoms with Gasteiger partial charge in [0, 0.05) is 32.8 Å². The summed E-state index contributed by atoms with van der Waals surface area (Å²) < 4.78 is 19.1. The molecule has 2 aliphatic heterocycles. The van der Waals surface area contributed by atoms with Gasteiger partial charge in [-0.1, -0.05) is 12.1 Å². The molecule has 1 aromatic rings. The van der Waals surface area contributed by atoms with E-state index in [1.165, 1.54) is 12.1 Å². The van der Waals surface area contributed by atoms with Gasteiger partial charge in [0.25, 0.3) is 11.8 Å². The van der Waals surface area contributed by atoms with Crippen LogP contribution in [0.15, 0.2) is 24.3 Å². The second-order valence-electron chi connectivity index (χ2n) is 5.60. The van der Waals surface area contributed by atoms with Gasteiger partial charge in [-0.25, -0.2) is 4.39 Å². The Labute approximate surface area is 128 Å². The van der Waals surface area contributed by atoms with E-state index < -0.39 is 5.82 Å². The molecule has 2 amide bonds. The van der Waals surface area contributed by atoms with Crippen LogP contribution >= 0.6 is 0 Å². The Bertz CT molecular complexity index is 564. The molecule has 0 radical (unpaired) electrons. The van der Waals surface area contributed by atoms with Crippen molar-refractivity contribution in [2.24, 2.45) is 0 Å². The van der Waals surface area contributed by atoms with Crippen LogP contribution in [0.25, 0.3) is 0 Å². The third-order valence-corrected chi connectivity index (χ3v) is 4.19. The smallest absolute Gasteiger partial charge is 0.256 e. The number of piperazine rings is 1. The van der Waals surface area contributed by atoms with Crippen LogP contribution in [-0.2, 0) is 9.53 Å². The lowest BCUT2D eigenvalue weighted by atomic mass is 10.1. The van der Waals surface area contributed by atoms with Crippen molar-refractivity contribution in [3.63, 3.8) is 0 Å². The Hall–Kier alpha value is -1.95. The highest BCUT2D eigenvalue weighted by atomic mass is 19.1. The first-order valence-corrected chi connectivity index (χ1v) is 7.61. The van der Waals surface area contributed by atoms with Crippen LogP contribution < -0.4 is 0 Å². The van der Waals surface area contributed by atoms with Gasteiger partial charge in [0.2, 0.25) is 0 Å². The van der Waals surface area contributed by atoms with Crippen molar-refractivity contribution in [3.8, 4) is 0 Å². The van der Waals surface area contributed by atoms with Gasteiger partial charge in [0.1, 0.15) is 11.9 Å². The maximum atomic E-state index is 13.7. The lowest BCUT2D eigenvalue weighted by Crippen LogP contribution is -2.52. The van der Waals surface area contributed by atoms with E-state index in [4.69, 9.17) is 4.74 Å². The van der Waals surface area contributed by atoms with Crippen molar-refractivity contribution in [1.82, 2.24) is 9.80 Å². The fourth-order valence-corrected chi connectivity index (χ4v) is 2.91. The topological polar surface area (TPSA) is 49.9 Å². The molecule has 2 saturated heterocycles. The average molecular weight is 306 g/mol. The molecule has 22 heavy (non-hydrogen) atoms. The first-order chi connectivity index (χ1) is 10.7. The largest absolute Gasteiger partial charge is 0.368 e. The highest BCUT2D eigenvalue weighted by Gasteiger charge is 2.31. The summed E-state index contributed by atoms with van der Waals surface area (Å²) in [5, 5.41) is 0. The van der Waals surface area contributed by atoms with Crippen molar-refractivity contribution < 1.29 is 18.7 Å². The maximum absolute atomic E-state index is 13.7. The fourth-order valence-electron chi connectivity index (χ4n) is 2.91. The summed E-state index contributed by atoms with van der Waals surface area (Å²) >= 11 is 0. The summed E-state index contributed by atoms with van der Waals surface area (Å²) in [6.07, 6.45) is 1.36. The lowest BCUT2D eigenvalue weighted by Gasteiger charge is -2.35. The number of ether oxygens (including phenoxy) is 1. The van der Waals surface area contributed by atoms with E-state index >= 15 is 0 Å². The number of halogens is 1. The monoisotopic (exact) mass is 306 g/mol. The van der Waals surface area contributed by atoms with E-state index in [1.54, 1.807) is 21.9 Å². The molecule has 1 unspecified atom stereocenters. The second kappa shape index (κ2) is 6.44. The molecule has 0 bridgehead atoms. The summed E-state index contributed by atoms with van der Waals surface area (Å²) in [5.41, 5.74) is 0.0846. The average Bonchev–Trinajstić information content (AvgIpc) is 3.09. The predicted octanol–water partition coefficient (Wildman–Crippen LogP) is 1.29. The Morgan fingerprint density at radius 3 is 2.41 bits per heavy atom. The highest BCUT2D eigenvalue weighted by molar-refractivity contribution is 5.94. The summed E-state index contributed by atoms with van der Waals surface area (Å²) in [5.74, 6) is -0.817. The zero-order chi connectivity index (χ0) is 15.5. The minimum atomic E-state index is -0.509. The molecule has 0 aliphatic carbocycles. The number of hydrogen-bond donors (Lipinski definition) is 0. The van der Waals surface area contributed by atoms with Gasteiger partial charge < -0.3 is 14.5 Å².